The summed E-state index contributed by atoms with van der Waals surface area (Å²) >= 11 is 0. The quantitative estimate of drug-likeness (QED) is 0.348. The highest BCUT2D eigenvalue weighted by atomic mass is 16.6. The molecule has 10 heteroatoms. The molecular weight excluding hydrogens is 356 g/mol. The van der Waals surface area contributed by atoms with Crippen LogP contribution >= 0.6 is 0 Å². The van der Waals surface area contributed by atoms with Crippen LogP contribution in [0.2, 0.25) is 0 Å². The van der Waals surface area contributed by atoms with Crippen molar-refractivity contribution in [2.75, 3.05) is 0 Å². The third kappa shape index (κ3) is 4.35. The molecule has 0 N–H and O–H groups in total. The van der Waals surface area contributed by atoms with Crippen molar-refractivity contribution in [3.8, 4) is 11.5 Å². The van der Waals surface area contributed by atoms with Crippen molar-refractivity contribution in [3.05, 3.63) is 57.3 Å². The number of nitro benzene ring substituents is 1. The Morgan fingerprint density at radius 3 is 2.59 bits per heavy atom. The molecule has 0 amide bonds. The molecule has 0 aliphatic heterocycles. The van der Waals surface area contributed by atoms with Gasteiger partial charge in [-0.05, 0) is 32.4 Å². The summed E-state index contributed by atoms with van der Waals surface area (Å²) in [5, 5.41) is 22.2. The minimum atomic E-state index is -0.495. The van der Waals surface area contributed by atoms with Gasteiger partial charge < -0.3 is 13.7 Å². The number of aryl methyl sites for hydroxylation is 2. The molecule has 0 aliphatic carbocycles. The lowest BCUT2D eigenvalue weighted by molar-refractivity contribution is -0.384. The summed E-state index contributed by atoms with van der Waals surface area (Å²) in [6.45, 7) is 3.45. The van der Waals surface area contributed by atoms with Gasteiger partial charge in [-0.15, -0.1) is 10.2 Å². The zero-order valence-corrected chi connectivity index (χ0v) is 14.7. The average Bonchev–Trinajstić information content (AvgIpc) is 3.25. The number of hydrogen-bond donors (Lipinski definition) is 0. The minimum Gasteiger partial charge on any atom is -0.456 e. The molecule has 0 spiro atoms. The Hall–Kier alpha value is -3.56. The molecule has 140 valence electrons. The first-order chi connectivity index (χ1) is 12.9. The zero-order valence-electron chi connectivity index (χ0n) is 14.7. The van der Waals surface area contributed by atoms with E-state index in [9.17, 15) is 14.9 Å². The first kappa shape index (κ1) is 18.2. The van der Waals surface area contributed by atoms with Crippen LogP contribution in [0.3, 0.4) is 0 Å². The van der Waals surface area contributed by atoms with Gasteiger partial charge in [-0.3, -0.25) is 14.9 Å². The number of hydrogen-bond acceptors (Lipinski definition) is 9. The smallest absolute Gasteiger partial charge is 0.306 e. The van der Waals surface area contributed by atoms with Gasteiger partial charge in [-0.1, -0.05) is 5.16 Å². The van der Waals surface area contributed by atoms with E-state index in [1.165, 1.54) is 24.3 Å². The van der Waals surface area contributed by atoms with Crippen LogP contribution in [0.25, 0.3) is 11.5 Å². The van der Waals surface area contributed by atoms with E-state index in [-0.39, 0.29) is 30.5 Å². The molecule has 0 fully saturated rings. The van der Waals surface area contributed by atoms with Crippen LogP contribution in [0, 0.1) is 24.0 Å². The van der Waals surface area contributed by atoms with Gasteiger partial charge >= 0.3 is 5.97 Å². The van der Waals surface area contributed by atoms with Crippen molar-refractivity contribution < 1.29 is 23.4 Å². The summed E-state index contributed by atoms with van der Waals surface area (Å²) in [6.07, 6.45) is 0.643. The molecule has 0 aliphatic rings. The molecule has 2 aromatic heterocycles. The fourth-order valence-electron chi connectivity index (χ4n) is 2.45. The highest BCUT2D eigenvalue weighted by Gasteiger charge is 2.14. The molecule has 0 radical (unpaired) electrons. The van der Waals surface area contributed by atoms with E-state index in [2.05, 4.69) is 15.4 Å². The van der Waals surface area contributed by atoms with Crippen LogP contribution < -0.4 is 0 Å². The number of carbonyl (C=O) groups excluding carboxylic acids is 1. The van der Waals surface area contributed by atoms with E-state index in [0.29, 0.717) is 17.7 Å². The van der Waals surface area contributed by atoms with E-state index in [4.69, 9.17) is 13.7 Å². The van der Waals surface area contributed by atoms with Crippen LogP contribution in [0.15, 0.2) is 33.2 Å². The predicted octanol–water partition coefficient (Wildman–Crippen LogP) is 2.93. The third-order valence-corrected chi connectivity index (χ3v) is 3.91. The summed E-state index contributed by atoms with van der Waals surface area (Å²) in [5.74, 6) is 0.593. The lowest BCUT2D eigenvalue weighted by Crippen LogP contribution is -2.06. The van der Waals surface area contributed by atoms with Crippen LogP contribution in [0.4, 0.5) is 5.69 Å². The first-order valence-electron chi connectivity index (χ1n) is 8.08. The van der Waals surface area contributed by atoms with Crippen molar-refractivity contribution in [1.29, 1.82) is 0 Å². The number of nitro groups is 1. The highest BCUT2D eigenvalue weighted by molar-refractivity contribution is 5.69. The number of non-ortho nitro benzene ring substituents is 1. The van der Waals surface area contributed by atoms with Gasteiger partial charge in [0.1, 0.15) is 5.76 Å². The molecule has 3 rings (SSSR count). The summed E-state index contributed by atoms with van der Waals surface area (Å²) in [7, 11) is 0. The maximum absolute atomic E-state index is 11.9. The number of carbonyl (C=O) groups is 1. The summed E-state index contributed by atoms with van der Waals surface area (Å²) in [6, 6.07) is 5.69. The summed E-state index contributed by atoms with van der Waals surface area (Å²) in [4.78, 5) is 22.1. The lowest BCUT2D eigenvalue weighted by atomic mass is 10.1. The molecule has 3 aromatic rings. The zero-order chi connectivity index (χ0) is 19.4. The largest absolute Gasteiger partial charge is 0.456 e. The number of aromatic nitrogens is 3. The van der Waals surface area contributed by atoms with Crippen molar-refractivity contribution in [3.63, 3.8) is 0 Å². The molecule has 10 nitrogen and oxygen atoms in total. The second kappa shape index (κ2) is 7.77. The van der Waals surface area contributed by atoms with Crippen molar-refractivity contribution >= 4 is 11.7 Å². The monoisotopic (exact) mass is 372 g/mol. The Labute approximate surface area is 153 Å². The van der Waals surface area contributed by atoms with Crippen molar-refractivity contribution in [1.82, 2.24) is 15.4 Å². The Morgan fingerprint density at radius 1 is 1.22 bits per heavy atom. The molecular formula is C17H16N4O6. The second-order valence-corrected chi connectivity index (χ2v) is 5.77. The van der Waals surface area contributed by atoms with Crippen LogP contribution in [0.5, 0.6) is 0 Å². The van der Waals surface area contributed by atoms with E-state index < -0.39 is 10.9 Å². The molecule has 0 atom stereocenters. The predicted molar refractivity (Wildman–Crippen MR) is 90.5 cm³/mol. The summed E-state index contributed by atoms with van der Waals surface area (Å²) < 4.78 is 15.6. The van der Waals surface area contributed by atoms with Gasteiger partial charge in [-0.25, -0.2) is 0 Å². The number of benzene rings is 1. The SMILES string of the molecule is Cc1noc(C)c1CCC(=O)OCc1nnc(-c2ccc([N+](=O)[O-])cc2)o1. The van der Waals surface area contributed by atoms with Crippen LogP contribution in [-0.4, -0.2) is 26.2 Å². The average molecular weight is 372 g/mol. The van der Waals surface area contributed by atoms with Gasteiger partial charge in [0.2, 0.25) is 5.89 Å². The fourth-order valence-corrected chi connectivity index (χ4v) is 2.45. The van der Waals surface area contributed by atoms with Gasteiger partial charge in [0, 0.05) is 29.7 Å². The molecule has 0 unspecified atom stereocenters. The second-order valence-electron chi connectivity index (χ2n) is 5.77. The summed E-state index contributed by atoms with van der Waals surface area (Å²) in [5.41, 5.74) is 2.14. The Morgan fingerprint density at radius 2 is 1.96 bits per heavy atom. The Balaban J connectivity index is 1.53. The standard InChI is InChI=1S/C17H16N4O6/c1-10-14(11(2)27-20-10)7-8-16(22)25-9-15-18-19-17(26-15)12-3-5-13(6-4-12)21(23)24/h3-6H,7-9H2,1-2H3. The fraction of sp³-hybridized carbons (Fsp3) is 0.294. The van der Waals surface area contributed by atoms with E-state index in [1.807, 2.05) is 6.92 Å². The molecule has 0 saturated heterocycles. The molecule has 0 bridgehead atoms. The highest BCUT2D eigenvalue weighted by Crippen LogP contribution is 2.21. The van der Waals surface area contributed by atoms with Crippen molar-refractivity contribution in [2.24, 2.45) is 0 Å². The van der Waals surface area contributed by atoms with Gasteiger partial charge in [-0.2, -0.15) is 0 Å². The normalized spacial score (nSPS) is 10.7. The lowest BCUT2D eigenvalue weighted by Gasteiger charge is -2.02. The number of ether oxygens (including phenoxy) is 1. The minimum absolute atomic E-state index is 0.0364. The van der Waals surface area contributed by atoms with Gasteiger partial charge in [0.15, 0.2) is 6.61 Å². The Kier molecular flexibility index (Phi) is 5.25. The Bertz CT molecular complexity index is 941. The third-order valence-electron chi connectivity index (χ3n) is 3.91. The van der Waals surface area contributed by atoms with E-state index in [1.54, 1.807) is 6.92 Å². The molecule has 27 heavy (non-hydrogen) atoms. The number of nitrogens with zero attached hydrogens (tertiary/aromatic N) is 4. The molecule has 2 heterocycles. The van der Waals surface area contributed by atoms with E-state index in [0.717, 1.165) is 11.3 Å². The maximum atomic E-state index is 11.9. The topological polar surface area (TPSA) is 134 Å². The maximum Gasteiger partial charge on any atom is 0.306 e. The van der Waals surface area contributed by atoms with Gasteiger partial charge in [0.25, 0.3) is 11.6 Å². The van der Waals surface area contributed by atoms with Crippen LogP contribution in [-0.2, 0) is 22.6 Å². The van der Waals surface area contributed by atoms with E-state index >= 15 is 0 Å². The van der Waals surface area contributed by atoms with Crippen LogP contribution in [0.1, 0.15) is 29.3 Å². The molecule has 1 aromatic carbocycles. The molecule has 0 saturated carbocycles. The number of esters is 1. The first-order valence-corrected chi connectivity index (χ1v) is 8.08. The van der Waals surface area contributed by atoms with Crippen molar-refractivity contribution in [2.45, 2.75) is 33.3 Å². The van der Waals surface area contributed by atoms with Gasteiger partial charge in [0.05, 0.1) is 10.6 Å². The number of rotatable bonds is 7.